The molecule has 5 atom stereocenters. The first-order valence-electron chi connectivity index (χ1n) is 23.9. The number of nitrogens with one attached hydrogen (secondary N) is 1. The smallest absolute Gasteiger partial charge is 0.227 e. The van der Waals surface area contributed by atoms with Gasteiger partial charge in [0.2, 0.25) is 17.7 Å². The molecule has 3 aliphatic rings. The highest BCUT2D eigenvalue weighted by Crippen LogP contribution is 2.40. The van der Waals surface area contributed by atoms with Gasteiger partial charge in [-0.3, -0.25) is 33.5 Å². The highest BCUT2D eigenvalue weighted by molar-refractivity contribution is 7.15. The SMILES string of the molecule is Cc1ncsc1-c1ccc(CCC(=O)[C@@H]2CC(O)CN2C(=O)[C@@H](CC(=O)COCCC(=O)N2CC[C@H](NC(=O)CC3N=C(c4ccc(Cl)cc4)c4c(sc(C)c4C)-n4c(C)nnc43)C2)C(C)(C)C)cc1. The Kier molecular flexibility index (Phi) is 15.6. The fourth-order valence-electron chi connectivity index (χ4n) is 9.65. The topological polar surface area (TPSA) is 189 Å². The summed E-state index contributed by atoms with van der Waals surface area (Å²) in [5, 5.41) is 24.3. The van der Waals surface area contributed by atoms with Crippen LogP contribution in [0.1, 0.15) is 110 Å². The maximum atomic E-state index is 14.2. The summed E-state index contributed by atoms with van der Waals surface area (Å²) in [5.74, 6) is -0.592. The van der Waals surface area contributed by atoms with Crippen molar-refractivity contribution < 1.29 is 33.8 Å². The Labute approximate surface area is 421 Å². The standard InChI is InChI=1S/C52H61ClN8O7S2/c1-29-31(3)70-51-46(29)47(34-13-15-36(53)16-14-34)56-41(49-58-57-32(4)61(49)51)24-44(65)55-37-18-20-59(25-37)45(66)19-21-68-27-39(63)22-40(52(5,6)7)50(67)60-26-38(62)23-42(60)43(64)17-10-33-8-11-35(12-9-33)48-30(2)54-28-69-48/h8-9,11-16,28,37-38,40-42,62H,10,17-27H2,1-7H3,(H,55,65)/t37-,38?,40+,41?,42-/m0/s1. The van der Waals surface area contributed by atoms with Crippen LogP contribution < -0.4 is 5.32 Å². The number of Topliss-reactive ketones (excluding diaryl/α,β-unsaturated/α-hetero) is 2. The number of ether oxygens (including phenoxy) is 1. The molecule has 2 aromatic carbocycles. The van der Waals surface area contributed by atoms with Crippen LogP contribution in [0.3, 0.4) is 0 Å². The van der Waals surface area contributed by atoms with E-state index in [1.54, 1.807) is 27.6 Å². The largest absolute Gasteiger partial charge is 0.391 e. The van der Waals surface area contributed by atoms with Crippen molar-refractivity contribution in [3.05, 3.63) is 104 Å². The van der Waals surface area contributed by atoms with E-state index < -0.39 is 29.5 Å². The van der Waals surface area contributed by atoms with Crippen molar-refractivity contribution in [3.63, 3.8) is 0 Å². The van der Waals surface area contributed by atoms with E-state index in [1.165, 1.54) is 4.90 Å². The number of benzene rings is 2. The lowest BCUT2D eigenvalue weighted by atomic mass is 9.76. The molecule has 2 saturated heterocycles. The molecule has 70 heavy (non-hydrogen) atoms. The summed E-state index contributed by atoms with van der Waals surface area (Å²) in [6.45, 7) is 14.2. The zero-order valence-electron chi connectivity index (χ0n) is 40.8. The highest BCUT2D eigenvalue weighted by Gasteiger charge is 2.44. The molecule has 3 aromatic heterocycles. The summed E-state index contributed by atoms with van der Waals surface area (Å²) in [6.07, 6.45) is 0.571. The lowest BCUT2D eigenvalue weighted by Crippen LogP contribution is -2.47. The first kappa shape index (κ1) is 50.9. The van der Waals surface area contributed by atoms with Crippen LogP contribution in [0.25, 0.3) is 15.4 Å². The summed E-state index contributed by atoms with van der Waals surface area (Å²) < 4.78 is 7.71. The molecule has 3 aliphatic heterocycles. The number of aliphatic hydroxyl groups is 1. The van der Waals surface area contributed by atoms with Crippen LogP contribution in [0.5, 0.6) is 0 Å². The van der Waals surface area contributed by atoms with E-state index in [0.29, 0.717) is 42.6 Å². The lowest BCUT2D eigenvalue weighted by Gasteiger charge is -2.34. The van der Waals surface area contributed by atoms with Gasteiger partial charge in [-0.25, -0.2) is 4.98 Å². The zero-order valence-corrected chi connectivity index (χ0v) is 43.2. The second-order valence-electron chi connectivity index (χ2n) is 19.8. The number of nitrogens with zero attached hydrogens (tertiary/aromatic N) is 7. The molecule has 2 unspecified atom stereocenters. The molecule has 3 amide bonds. The molecule has 18 heteroatoms. The number of hydrogen-bond donors (Lipinski definition) is 2. The van der Waals surface area contributed by atoms with Gasteiger partial charge in [-0.05, 0) is 74.8 Å². The lowest BCUT2D eigenvalue weighted by molar-refractivity contribution is -0.146. The Balaban J connectivity index is 0.804. The van der Waals surface area contributed by atoms with Crippen molar-refractivity contribution >= 4 is 69.3 Å². The molecule has 0 radical (unpaired) electrons. The molecule has 0 spiro atoms. The molecule has 6 heterocycles. The van der Waals surface area contributed by atoms with Gasteiger partial charge in [-0.2, -0.15) is 0 Å². The second kappa shape index (κ2) is 21.5. The third-order valence-electron chi connectivity index (χ3n) is 13.7. The van der Waals surface area contributed by atoms with Crippen LogP contribution in [0.2, 0.25) is 5.02 Å². The van der Waals surface area contributed by atoms with Gasteiger partial charge in [-0.15, -0.1) is 32.9 Å². The molecule has 5 aromatic rings. The monoisotopic (exact) mass is 1010 g/mol. The highest BCUT2D eigenvalue weighted by atomic mass is 35.5. The van der Waals surface area contributed by atoms with Crippen LogP contribution in [-0.4, -0.2) is 121 Å². The molecule has 2 fully saturated rings. The number of aliphatic imine (C=N–C) groups is 1. The molecular formula is C52H61ClN8O7S2. The van der Waals surface area contributed by atoms with Crippen LogP contribution in [0.4, 0.5) is 0 Å². The molecular weight excluding hydrogens is 948 g/mol. The number of rotatable bonds is 17. The molecule has 8 rings (SSSR count). The summed E-state index contributed by atoms with van der Waals surface area (Å²) in [5.41, 5.74) is 7.96. The van der Waals surface area contributed by atoms with Crippen molar-refractivity contribution in [1.82, 2.24) is 34.9 Å². The van der Waals surface area contributed by atoms with Crippen molar-refractivity contribution in [2.45, 2.75) is 118 Å². The van der Waals surface area contributed by atoms with Gasteiger partial charge in [0.05, 0.1) is 53.4 Å². The zero-order chi connectivity index (χ0) is 50.0. The van der Waals surface area contributed by atoms with Crippen molar-refractivity contribution in [2.75, 3.05) is 32.8 Å². The number of aliphatic hydroxyl groups excluding tert-OH is 1. The maximum Gasteiger partial charge on any atom is 0.227 e. The third kappa shape index (κ3) is 11.3. The number of ketones is 2. The summed E-state index contributed by atoms with van der Waals surface area (Å²) in [4.78, 5) is 83.1. The van der Waals surface area contributed by atoms with Gasteiger partial charge >= 0.3 is 0 Å². The Morgan fingerprint density at radius 1 is 0.957 bits per heavy atom. The van der Waals surface area contributed by atoms with Crippen LogP contribution in [0.15, 0.2) is 59.0 Å². The number of thiophene rings is 1. The van der Waals surface area contributed by atoms with Gasteiger partial charge in [0.15, 0.2) is 17.4 Å². The minimum absolute atomic E-state index is 0.00888. The van der Waals surface area contributed by atoms with Gasteiger partial charge < -0.3 is 25.0 Å². The number of hydrogen-bond acceptors (Lipinski definition) is 13. The van der Waals surface area contributed by atoms with E-state index in [0.717, 1.165) is 54.0 Å². The Hall–Kier alpha value is -5.46. The Bertz CT molecular complexity index is 2790. The van der Waals surface area contributed by atoms with E-state index in [-0.39, 0.29) is 87.2 Å². The van der Waals surface area contributed by atoms with Gasteiger partial charge in [0.25, 0.3) is 0 Å². The molecule has 370 valence electrons. The predicted octanol–water partition coefficient (Wildman–Crippen LogP) is 7.53. The van der Waals surface area contributed by atoms with Crippen molar-refractivity contribution in [2.24, 2.45) is 16.3 Å². The molecule has 15 nitrogen and oxygen atoms in total. The van der Waals surface area contributed by atoms with E-state index in [2.05, 4.69) is 34.3 Å². The fourth-order valence-corrected chi connectivity index (χ4v) is 11.8. The quantitative estimate of drug-likeness (QED) is 0.0882. The van der Waals surface area contributed by atoms with Gasteiger partial charge in [0.1, 0.15) is 23.5 Å². The number of likely N-dealkylation sites (tertiary alicyclic amines) is 2. The normalized spacial score (nSPS) is 19.4. The minimum atomic E-state index is -0.840. The second-order valence-corrected chi connectivity index (χ2v) is 22.3. The first-order valence-corrected chi connectivity index (χ1v) is 26.0. The molecule has 2 N–H and O–H groups in total. The van der Waals surface area contributed by atoms with Crippen LogP contribution in [-0.2, 0) is 35.1 Å². The summed E-state index contributed by atoms with van der Waals surface area (Å²) in [7, 11) is 0. The van der Waals surface area contributed by atoms with E-state index >= 15 is 0 Å². The number of halogens is 1. The van der Waals surface area contributed by atoms with Crippen molar-refractivity contribution in [3.8, 4) is 15.4 Å². The third-order valence-corrected chi connectivity index (χ3v) is 16.1. The maximum absolute atomic E-state index is 14.2. The fraction of sp³-hybridized carbons (Fsp3) is 0.481. The van der Waals surface area contributed by atoms with Gasteiger partial charge in [-0.1, -0.05) is 68.8 Å². The Morgan fingerprint density at radius 3 is 2.39 bits per heavy atom. The predicted molar refractivity (Wildman–Crippen MR) is 271 cm³/mol. The number of carbonyl (C=O) groups excluding carboxylic acids is 5. The number of thiazole rings is 1. The van der Waals surface area contributed by atoms with Crippen LogP contribution in [0, 0.1) is 39.0 Å². The summed E-state index contributed by atoms with van der Waals surface area (Å²) >= 11 is 9.49. The van der Waals surface area contributed by atoms with E-state index in [1.807, 2.05) is 93.2 Å². The molecule has 0 aliphatic carbocycles. The number of carbonyl (C=O) groups is 5. The van der Waals surface area contributed by atoms with Crippen LogP contribution >= 0.6 is 34.3 Å². The molecule has 0 bridgehead atoms. The Morgan fingerprint density at radius 2 is 1.69 bits per heavy atom. The number of fused-ring (bicyclic) bond motifs is 3. The minimum Gasteiger partial charge on any atom is -0.391 e. The molecule has 0 saturated carbocycles. The van der Waals surface area contributed by atoms with Gasteiger partial charge in [0, 0.05) is 71.9 Å². The number of aromatic nitrogens is 4. The summed E-state index contributed by atoms with van der Waals surface area (Å²) in [6, 6.07) is 13.9. The number of amides is 3. The van der Waals surface area contributed by atoms with Crippen molar-refractivity contribution in [1.29, 1.82) is 0 Å². The average Bonchev–Trinajstić information content (AvgIpc) is 4.17. The number of β-amino-alcohol motifs (C(OH)–C–C–N with tert-alkyl or cyclic N) is 1. The average molecular weight is 1010 g/mol. The number of aryl methyl sites for hydroxylation is 4. The first-order chi connectivity index (χ1) is 33.4. The van der Waals surface area contributed by atoms with E-state index in [4.69, 9.17) is 21.3 Å². The van der Waals surface area contributed by atoms with E-state index in [9.17, 15) is 29.1 Å².